The molecule has 4 aromatic rings. The largest absolute Gasteiger partial charge is 0.449 e. The molecule has 6 rings (SSSR count). The lowest BCUT2D eigenvalue weighted by Crippen LogP contribution is -2.37. The Morgan fingerprint density at radius 1 is 0.547 bits per heavy atom. The average Bonchev–Trinajstić information content (AvgIpc) is 3.60. The Morgan fingerprint density at radius 2 is 0.981 bits per heavy atom. The van der Waals surface area contributed by atoms with Crippen LogP contribution in [0.4, 0.5) is 9.59 Å². The van der Waals surface area contributed by atoms with E-state index in [9.17, 15) is 26.4 Å². The van der Waals surface area contributed by atoms with E-state index in [0.29, 0.717) is 62.6 Å². The molecule has 2 fully saturated rings. The molecule has 2 saturated heterocycles. The molecule has 53 heavy (non-hydrogen) atoms. The van der Waals surface area contributed by atoms with Crippen LogP contribution in [0.1, 0.15) is 44.9 Å². The maximum absolute atomic E-state index is 13.5. The summed E-state index contributed by atoms with van der Waals surface area (Å²) in [7, 11) is -7.51. The highest BCUT2D eigenvalue weighted by Crippen LogP contribution is 2.27. The molecule has 0 radical (unpaired) electrons. The Kier molecular flexibility index (Phi) is 12.8. The average molecular weight is 767 g/mol. The molecule has 284 valence electrons. The molecule has 0 bridgehead atoms. The Morgan fingerprint density at radius 3 is 1.43 bits per heavy atom. The number of fused-ring (bicyclic) bond motifs is 2. The van der Waals surface area contributed by atoms with Crippen LogP contribution in [0.3, 0.4) is 0 Å². The molecule has 0 spiro atoms. The van der Waals surface area contributed by atoms with E-state index in [1.54, 1.807) is 71.0 Å². The van der Waals surface area contributed by atoms with Gasteiger partial charge in [-0.15, -0.1) is 0 Å². The van der Waals surface area contributed by atoms with Crippen molar-refractivity contribution in [3.05, 3.63) is 73.3 Å². The summed E-state index contributed by atoms with van der Waals surface area (Å²) < 4.78 is 68.0. The molecule has 16 heteroatoms. The fraction of sp³-hybridized carbons (Fsp3) is 0.459. The number of rotatable bonds is 12. The van der Waals surface area contributed by atoms with Crippen LogP contribution in [0, 0.1) is 0 Å². The molecule has 0 unspecified atom stereocenters. The lowest BCUT2D eigenvalue weighted by atomic mass is 10.1. The van der Waals surface area contributed by atoms with Gasteiger partial charge < -0.3 is 19.3 Å². The van der Waals surface area contributed by atoms with Crippen molar-refractivity contribution in [2.75, 3.05) is 65.6 Å². The van der Waals surface area contributed by atoms with E-state index < -0.39 is 32.2 Å². The number of aromatic nitrogens is 2. The van der Waals surface area contributed by atoms with Crippen LogP contribution in [-0.4, -0.2) is 123 Å². The van der Waals surface area contributed by atoms with Gasteiger partial charge >= 0.3 is 12.2 Å². The predicted molar refractivity (Wildman–Crippen MR) is 199 cm³/mol. The van der Waals surface area contributed by atoms with Gasteiger partial charge in [0.15, 0.2) is 0 Å². The number of carbonyl (C=O) groups excluding carboxylic acids is 2. The van der Waals surface area contributed by atoms with Crippen molar-refractivity contribution in [3.63, 3.8) is 0 Å². The van der Waals surface area contributed by atoms with Crippen LogP contribution < -0.4 is 0 Å². The summed E-state index contributed by atoms with van der Waals surface area (Å²) >= 11 is 0. The highest BCUT2D eigenvalue weighted by molar-refractivity contribution is 7.89. The summed E-state index contributed by atoms with van der Waals surface area (Å²) in [6, 6.07) is 13.7. The summed E-state index contributed by atoms with van der Waals surface area (Å²) in [5.74, 6) is 0. The van der Waals surface area contributed by atoms with Crippen molar-refractivity contribution >= 4 is 53.8 Å². The van der Waals surface area contributed by atoms with Gasteiger partial charge in [-0.25, -0.2) is 26.4 Å². The minimum atomic E-state index is -3.76. The zero-order chi connectivity index (χ0) is 37.3. The van der Waals surface area contributed by atoms with E-state index in [1.165, 1.54) is 8.61 Å². The fourth-order valence-electron chi connectivity index (χ4n) is 6.78. The topological polar surface area (TPSA) is 160 Å². The summed E-state index contributed by atoms with van der Waals surface area (Å²) in [6.07, 6.45) is 10.5. The molecule has 2 amide bonds. The summed E-state index contributed by atoms with van der Waals surface area (Å²) in [6.45, 7) is 2.89. The van der Waals surface area contributed by atoms with Gasteiger partial charge in [0.05, 0.1) is 23.0 Å². The minimum Gasteiger partial charge on any atom is -0.449 e. The Hall–Kier alpha value is -4.38. The second-order valence-corrected chi connectivity index (χ2v) is 17.0. The number of ether oxygens (including phenoxy) is 2. The van der Waals surface area contributed by atoms with E-state index in [4.69, 9.17) is 9.47 Å². The Bertz CT molecular complexity index is 1960. The molecule has 2 aliphatic rings. The number of nitrogens with zero attached hydrogens (tertiary/aromatic N) is 6. The van der Waals surface area contributed by atoms with Gasteiger partial charge in [-0.05, 0) is 49.9 Å². The zero-order valence-corrected chi connectivity index (χ0v) is 31.3. The first-order chi connectivity index (χ1) is 25.7. The van der Waals surface area contributed by atoms with E-state index in [-0.39, 0.29) is 49.2 Å². The summed E-state index contributed by atoms with van der Waals surface area (Å²) in [5.41, 5.74) is 0. The lowest BCUT2D eigenvalue weighted by Gasteiger charge is -2.22. The van der Waals surface area contributed by atoms with Gasteiger partial charge in [0, 0.05) is 98.7 Å². The number of benzene rings is 2. The smallest absolute Gasteiger partial charge is 0.409 e. The third-order valence-electron chi connectivity index (χ3n) is 9.68. The third kappa shape index (κ3) is 9.23. The first-order valence-electron chi connectivity index (χ1n) is 18.2. The van der Waals surface area contributed by atoms with Crippen molar-refractivity contribution in [1.29, 1.82) is 0 Å². The molecule has 0 saturated carbocycles. The molecule has 2 aromatic carbocycles. The van der Waals surface area contributed by atoms with Crippen LogP contribution in [-0.2, 0) is 29.5 Å². The molecule has 4 heterocycles. The second kappa shape index (κ2) is 17.6. The first-order valence-corrected chi connectivity index (χ1v) is 21.0. The molecular formula is C37H46N6O8S2. The number of carbonyl (C=O) groups is 2. The first kappa shape index (κ1) is 38.3. The van der Waals surface area contributed by atoms with Gasteiger partial charge in [0.25, 0.3) is 0 Å². The van der Waals surface area contributed by atoms with Crippen LogP contribution >= 0.6 is 0 Å². The Balaban J connectivity index is 0.843. The maximum Gasteiger partial charge on any atom is 0.409 e. The molecule has 0 atom stereocenters. The molecular weight excluding hydrogens is 721 g/mol. The van der Waals surface area contributed by atoms with Crippen molar-refractivity contribution < 1.29 is 35.9 Å². The Labute approximate surface area is 310 Å². The molecule has 14 nitrogen and oxygen atoms in total. The standard InChI is InChI=1S/C37H46N6O8S2/c44-36(40-18-8-20-42(24-22-40)52(46,47)34-12-6-10-30-28-38-16-14-32(30)34)50-26-4-2-1-3-5-27-51-37(45)41-19-9-21-43(25-23-41)53(48,49)35-13-7-11-31-29-39-17-15-33(31)35/h6-7,10-17,28-29H,1-5,8-9,18-27H2. The van der Waals surface area contributed by atoms with Gasteiger partial charge in [-0.1, -0.05) is 43.5 Å². The molecule has 0 aliphatic carbocycles. The number of sulfonamides is 2. The van der Waals surface area contributed by atoms with Crippen LogP contribution in [0.25, 0.3) is 21.5 Å². The number of hydrogen-bond acceptors (Lipinski definition) is 10. The second-order valence-electron chi connectivity index (χ2n) is 13.2. The molecule has 0 N–H and O–H groups in total. The van der Waals surface area contributed by atoms with E-state index >= 15 is 0 Å². The quantitative estimate of drug-likeness (QED) is 0.178. The zero-order valence-electron chi connectivity index (χ0n) is 29.7. The minimum absolute atomic E-state index is 0.186. The normalized spacial score (nSPS) is 16.7. The molecule has 2 aromatic heterocycles. The number of pyridine rings is 2. The van der Waals surface area contributed by atoms with Crippen LogP contribution in [0.15, 0.2) is 83.1 Å². The maximum atomic E-state index is 13.5. The highest BCUT2D eigenvalue weighted by atomic mass is 32.2. The van der Waals surface area contributed by atoms with E-state index in [1.807, 2.05) is 12.1 Å². The van der Waals surface area contributed by atoms with Gasteiger partial charge in [-0.2, -0.15) is 8.61 Å². The summed E-state index contributed by atoms with van der Waals surface area (Å²) in [4.78, 5) is 37.3. The third-order valence-corrected chi connectivity index (χ3v) is 13.6. The van der Waals surface area contributed by atoms with Crippen molar-refractivity contribution in [1.82, 2.24) is 28.4 Å². The SMILES string of the molecule is O=C(OCCCCCCCOC(=O)N1CCCN(S(=O)(=O)c2cccc3cnccc23)CC1)N1CCCN(S(=O)(=O)c2cccc3cnccc23)CC1. The predicted octanol–water partition coefficient (Wildman–Crippen LogP) is 5.10. The van der Waals surface area contributed by atoms with Gasteiger partial charge in [-0.3, -0.25) is 9.97 Å². The van der Waals surface area contributed by atoms with Crippen molar-refractivity contribution in [3.8, 4) is 0 Å². The van der Waals surface area contributed by atoms with Gasteiger partial charge in [0.1, 0.15) is 0 Å². The van der Waals surface area contributed by atoms with Crippen molar-refractivity contribution in [2.45, 2.75) is 54.7 Å². The number of amides is 2. The fourth-order valence-corrected chi connectivity index (χ4v) is 10.2. The van der Waals surface area contributed by atoms with E-state index in [0.717, 1.165) is 30.0 Å². The monoisotopic (exact) mass is 766 g/mol. The highest BCUT2D eigenvalue weighted by Gasteiger charge is 2.31. The summed E-state index contributed by atoms with van der Waals surface area (Å²) in [5, 5.41) is 2.75. The van der Waals surface area contributed by atoms with Crippen molar-refractivity contribution in [2.24, 2.45) is 0 Å². The molecule has 2 aliphatic heterocycles. The van der Waals surface area contributed by atoms with Crippen LogP contribution in [0.5, 0.6) is 0 Å². The van der Waals surface area contributed by atoms with Crippen LogP contribution in [0.2, 0.25) is 0 Å². The lowest BCUT2D eigenvalue weighted by molar-refractivity contribution is 0.101. The van der Waals surface area contributed by atoms with Gasteiger partial charge in [0.2, 0.25) is 20.0 Å². The number of hydrogen-bond donors (Lipinski definition) is 0. The number of unbranched alkanes of at least 4 members (excludes halogenated alkanes) is 4. The van der Waals surface area contributed by atoms with E-state index in [2.05, 4.69) is 9.97 Å².